The maximum absolute atomic E-state index is 11.9. The van der Waals surface area contributed by atoms with Crippen molar-refractivity contribution in [3.63, 3.8) is 0 Å². The first-order valence-corrected chi connectivity index (χ1v) is 5.39. The third kappa shape index (κ3) is 1.86. The highest BCUT2D eigenvalue weighted by atomic mass is 16.5. The molecule has 0 saturated heterocycles. The standard InChI is InChI=1S/C13H15NO2/c1-3-9-5-4-6-11-12(15)7-10(8-16-2)14-13(9)11/h4-7H,3,8H2,1-2H3,(H,14,15). The van der Waals surface area contributed by atoms with E-state index in [-0.39, 0.29) is 5.43 Å². The van der Waals surface area contributed by atoms with Crippen molar-refractivity contribution in [3.8, 4) is 0 Å². The second-order valence-electron chi connectivity index (χ2n) is 3.79. The van der Waals surface area contributed by atoms with Gasteiger partial charge in [0, 0.05) is 24.3 Å². The average molecular weight is 217 g/mol. The molecule has 0 aliphatic rings. The van der Waals surface area contributed by atoms with Crippen molar-refractivity contribution in [2.24, 2.45) is 0 Å². The van der Waals surface area contributed by atoms with E-state index in [1.54, 1.807) is 13.2 Å². The molecule has 0 unspecified atom stereocenters. The molecular formula is C13H15NO2. The van der Waals surface area contributed by atoms with Gasteiger partial charge in [-0.15, -0.1) is 0 Å². The van der Waals surface area contributed by atoms with Crippen molar-refractivity contribution < 1.29 is 4.74 Å². The minimum Gasteiger partial charge on any atom is -0.378 e. The van der Waals surface area contributed by atoms with E-state index in [2.05, 4.69) is 11.9 Å². The van der Waals surface area contributed by atoms with Gasteiger partial charge in [0.25, 0.3) is 0 Å². The molecular weight excluding hydrogens is 202 g/mol. The van der Waals surface area contributed by atoms with Crippen molar-refractivity contribution in [3.05, 3.63) is 45.7 Å². The quantitative estimate of drug-likeness (QED) is 0.856. The Labute approximate surface area is 94.1 Å². The highest BCUT2D eigenvalue weighted by Gasteiger charge is 2.04. The van der Waals surface area contributed by atoms with E-state index in [0.717, 1.165) is 28.6 Å². The number of aromatic amines is 1. The summed E-state index contributed by atoms with van der Waals surface area (Å²) in [5.41, 5.74) is 2.97. The van der Waals surface area contributed by atoms with Crippen molar-refractivity contribution in [1.82, 2.24) is 4.98 Å². The van der Waals surface area contributed by atoms with Crippen molar-refractivity contribution >= 4 is 10.9 Å². The maximum Gasteiger partial charge on any atom is 0.189 e. The van der Waals surface area contributed by atoms with Crippen LogP contribution >= 0.6 is 0 Å². The van der Waals surface area contributed by atoms with Crippen LogP contribution in [0.25, 0.3) is 10.9 Å². The van der Waals surface area contributed by atoms with Crippen LogP contribution in [0, 0.1) is 0 Å². The Morgan fingerprint density at radius 2 is 2.19 bits per heavy atom. The zero-order valence-electron chi connectivity index (χ0n) is 9.54. The number of H-pyrrole nitrogens is 1. The van der Waals surface area contributed by atoms with Gasteiger partial charge in [-0.3, -0.25) is 4.79 Å². The molecule has 0 atom stereocenters. The Hall–Kier alpha value is -1.61. The van der Waals surface area contributed by atoms with Crippen LogP contribution in [0.15, 0.2) is 29.1 Å². The summed E-state index contributed by atoms with van der Waals surface area (Å²) in [6.07, 6.45) is 0.906. The molecule has 3 nitrogen and oxygen atoms in total. The molecule has 1 aromatic heterocycles. The third-order valence-electron chi connectivity index (χ3n) is 2.69. The van der Waals surface area contributed by atoms with E-state index < -0.39 is 0 Å². The fraction of sp³-hybridized carbons (Fsp3) is 0.308. The lowest BCUT2D eigenvalue weighted by Crippen LogP contribution is -2.07. The molecule has 1 heterocycles. The van der Waals surface area contributed by atoms with Crippen molar-refractivity contribution in [2.45, 2.75) is 20.0 Å². The number of pyridine rings is 1. The first kappa shape index (κ1) is 10.9. The Balaban J connectivity index is 2.72. The van der Waals surface area contributed by atoms with Crippen LogP contribution in [-0.2, 0) is 17.8 Å². The van der Waals surface area contributed by atoms with Crippen LogP contribution in [-0.4, -0.2) is 12.1 Å². The number of hydrogen-bond acceptors (Lipinski definition) is 2. The molecule has 0 amide bonds. The third-order valence-corrected chi connectivity index (χ3v) is 2.69. The summed E-state index contributed by atoms with van der Waals surface area (Å²) in [5, 5.41) is 0.749. The van der Waals surface area contributed by atoms with Gasteiger partial charge in [-0.25, -0.2) is 0 Å². The predicted molar refractivity (Wildman–Crippen MR) is 64.7 cm³/mol. The number of nitrogens with one attached hydrogen (secondary N) is 1. The maximum atomic E-state index is 11.9. The monoisotopic (exact) mass is 217 g/mol. The Bertz CT molecular complexity index is 557. The minimum atomic E-state index is 0.0519. The van der Waals surface area contributed by atoms with Gasteiger partial charge in [0.2, 0.25) is 0 Å². The number of para-hydroxylation sites is 1. The normalized spacial score (nSPS) is 10.9. The van der Waals surface area contributed by atoms with Crippen molar-refractivity contribution in [1.29, 1.82) is 0 Å². The van der Waals surface area contributed by atoms with Crippen molar-refractivity contribution in [2.75, 3.05) is 7.11 Å². The Morgan fingerprint density at radius 1 is 1.38 bits per heavy atom. The number of rotatable bonds is 3. The van der Waals surface area contributed by atoms with E-state index in [0.29, 0.717) is 6.61 Å². The van der Waals surface area contributed by atoms with E-state index in [4.69, 9.17) is 4.74 Å². The smallest absolute Gasteiger partial charge is 0.189 e. The van der Waals surface area contributed by atoms with Crippen LogP contribution < -0.4 is 5.43 Å². The van der Waals surface area contributed by atoms with E-state index in [1.807, 2.05) is 18.2 Å². The number of methoxy groups -OCH3 is 1. The molecule has 0 bridgehead atoms. The number of fused-ring (bicyclic) bond motifs is 1. The molecule has 0 aliphatic carbocycles. The molecule has 2 aromatic rings. The summed E-state index contributed by atoms with van der Waals surface area (Å²) in [6.45, 7) is 2.51. The van der Waals surface area contributed by atoms with E-state index >= 15 is 0 Å². The first-order chi connectivity index (χ1) is 7.76. The molecule has 1 aromatic carbocycles. The number of benzene rings is 1. The first-order valence-electron chi connectivity index (χ1n) is 5.39. The van der Waals surface area contributed by atoms with Crippen LogP contribution in [0.3, 0.4) is 0 Å². The average Bonchev–Trinajstić information content (AvgIpc) is 2.29. The number of hydrogen-bond donors (Lipinski definition) is 1. The molecule has 84 valence electrons. The number of aromatic nitrogens is 1. The lowest BCUT2D eigenvalue weighted by Gasteiger charge is -2.06. The largest absolute Gasteiger partial charge is 0.378 e. The zero-order chi connectivity index (χ0) is 11.5. The fourth-order valence-electron chi connectivity index (χ4n) is 1.91. The minimum absolute atomic E-state index is 0.0519. The van der Waals surface area contributed by atoms with Gasteiger partial charge in [-0.05, 0) is 18.1 Å². The molecule has 0 fully saturated rings. The second-order valence-corrected chi connectivity index (χ2v) is 3.79. The van der Waals surface area contributed by atoms with Gasteiger partial charge < -0.3 is 9.72 Å². The van der Waals surface area contributed by atoms with Gasteiger partial charge in [0.05, 0.1) is 12.1 Å². The molecule has 2 rings (SSSR count). The van der Waals surface area contributed by atoms with E-state index in [1.165, 1.54) is 0 Å². The highest BCUT2D eigenvalue weighted by molar-refractivity contribution is 5.81. The Morgan fingerprint density at radius 3 is 2.88 bits per heavy atom. The summed E-state index contributed by atoms with van der Waals surface area (Å²) in [6, 6.07) is 7.41. The molecule has 0 radical (unpaired) electrons. The molecule has 0 saturated carbocycles. The summed E-state index contributed by atoms with van der Waals surface area (Å²) in [5.74, 6) is 0. The molecule has 3 heteroatoms. The van der Waals surface area contributed by atoms with Crippen LogP contribution in [0.4, 0.5) is 0 Å². The second kappa shape index (κ2) is 4.49. The van der Waals surface area contributed by atoms with Gasteiger partial charge in [0.15, 0.2) is 5.43 Å². The summed E-state index contributed by atoms with van der Waals surface area (Å²) in [7, 11) is 1.62. The number of aryl methyl sites for hydroxylation is 1. The fourth-order valence-corrected chi connectivity index (χ4v) is 1.91. The summed E-state index contributed by atoms with van der Waals surface area (Å²) >= 11 is 0. The van der Waals surface area contributed by atoms with Crippen LogP contribution in [0.1, 0.15) is 18.2 Å². The zero-order valence-corrected chi connectivity index (χ0v) is 9.54. The van der Waals surface area contributed by atoms with E-state index in [9.17, 15) is 4.79 Å². The van der Waals surface area contributed by atoms with Crippen LogP contribution in [0.5, 0.6) is 0 Å². The SMILES string of the molecule is CCc1cccc2c(=O)cc(COC)[nH]c12. The molecule has 16 heavy (non-hydrogen) atoms. The van der Waals surface area contributed by atoms with Gasteiger partial charge in [-0.2, -0.15) is 0 Å². The highest BCUT2D eigenvalue weighted by Crippen LogP contribution is 2.14. The topological polar surface area (TPSA) is 42.1 Å². The van der Waals surface area contributed by atoms with Gasteiger partial charge >= 0.3 is 0 Å². The molecule has 0 aliphatic heterocycles. The predicted octanol–water partition coefficient (Wildman–Crippen LogP) is 2.24. The Kier molecular flexibility index (Phi) is 3.06. The summed E-state index contributed by atoms with van der Waals surface area (Å²) < 4.78 is 5.04. The molecule has 1 N–H and O–H groups in total. The lowest BCUT2D eigenvalue weighted by molar-refractivity contribution is 0.181. The molecule has 0 spiro atoms. The van der Waals surface area contributed by atoms with Gasteiger partial charge in [-0.1, -0.05) is 19.1 Å². The summed E-state index contributed by atoms with van der Waals surface area (Å²) in [4.78, 5) is 15.1. The van der Waals surface area contributed by atoms with Crippen LogP contribution in [0.2, 0.25) is 0 Å². The number of ether oxygens (including phenoxy) is 1. The lowest BCUT2D eigenvalue weighted by atomic mass is 10.1. The van der Waals surface area contributed by atoms with Gasteiger partial charge in [0.1, 0.15) is 0 Å².